The van der Waals surface area contributed by atoms with Gasteiger partial charge in [0.15, 0.2) is 9.90 Å². The van der Waals surface area contributed by atoms with Crippen molar-refractivity contribution in [2.24, 2.45) is 0 Å². The van der Waals surface area contributed by atoms with Crippen molar-refractivity contribution in [3.8, 4) is 0 Å². The van der Waals surface area contributed by atoms with Crippen molar-refractivity contribution in [2.75, 3.05) is 6.61 Å². The smallest absolute Gasteiger partial charge is 0.356 e. The summed E-state index contributed by atoms with van der Waals surface area (Å²) in [5.74, 6) is -1.40. The molecule has 0 saturated heterocycles. The Morgan fingerprint density at radius 2 is 2.05 bits per heavy atom. The zero-order valence-corrected chi connectivity index (χ0v) is 12.2. The van der Waals surface area contributed by atoms with Crippen LogP contribution in [0.3, 0.4) is 0 Å². The van der Waals surface area contributed by atoms with Crippen molar-refractivity contribution in [3.05, 3.63) is 11.2 Å². The number of thiazole rings is 1. The summed E-state index contributed by atoms with van der Waals surface area (Å²) in [6.07, 6.45) is 0.779. The summed E-state index contributed by atoms with van der Waals surface area (Å²) in [4.78, 5) is 14.4. The zero-order chi connectivity index (χ0) is 14.7. The Labute approximate surface area is 115 Å². The van der Waals surface area contributed by atoms with Gasteiger partial charge in [0.25, 0.3) is 10.0 Å². The number of carboxylic acids is 1. The number of hydrogen-bond donors (Lipinski definition) is 3. The van der Waals surface area contributed by atoms with Crippen LogP contribution in [-0.2, 0) is 10.0 Å². The summed E-state index contributed by atoms with van der Waals surface area (Å²) in [6, 6.07) is 0. The van der Waals surface area contributed by atoms with Gasteiger partial charge in [0.2, 0.25) is 0 Å². The predicted octanol–water partition coefficient (Wildman–Crippen LogP) is 0.671. The Morgan fingerprint density at radius 3 is 2.47 bits per heavy atom. The van der Waals surface area contributed by atoms with Crippen LogP contribution in [0.4, 0.5) is 0 Å². The molecule has 0 aliphatic rings. The Balaban J connectivity index is 3.18. The first-order valence-electron chi connectivity index (χ1n) is 5.63. The van der Waals surface area contributed by atoms with Crippen LogP contribution in [0.15, 0.2) is 9.72 Å². The van der Waals surface area contributed by atoms with E-state index in [4.69, 9.17) is 5.11 Å². The molecule has 19 heavy (non-hydrogen) atoms. The second kappa shape index (κ2) is 5.95. The molecule has 0 spiro atoms. The third-order valence-electron chi connectivity index (χ3n) is 2.99. The maximum atomic E-state index is 12.2. The molecule has 0 aliphatic heterocycles. The molecule has 0 fully saturated rings. The van der Waals surface area contributed by atoms with Crippen LogP contribution in [0.2, 0.25) is 0 Å². The lowest BCUT2D eigenvalue weighted by Gasteiger charge is -2.29. The van der Waals surface area contributed by atoms with Gasteiger partial charge in [0.1, 0.15) is 0 Å². The average Bonchev–Trinajstić information content (AvgIpc) is 2.86. The fourth-order valence-electron chi connectivity index (χ4n) is 1.55. The van der Waals surface area contributed by atoms with Gasteiger partial charge in [-0.25, -0.2) is 22.9 Å². The van der Waals surface area contributed by atoms with Gasteiger partial charge in [0.05, 0.1) is 17.7 Å². The van der Waals surface area contributed by atoms with Gasteiger partial charge in [0, 0.05) is 0 Å². The lowest BCUT2D eigenvalue weighted by Crippen LogP contribution is -2.50. The van der Waals surface area contributed by atoms with E-state index in [0.29, 0.717) is 12.8 Å². The first-order chi connectivity index (χ1) is 8.82. The summed E-state index contributed by atoms with van der Waals surface area (Å²) in [6.45, 7) is 3.13. The fraction of sp³-hybridized carbons (Fsp3) is 0.600. The van der Waals surface area contributed by atoms with E-state index in [1.54, 1.807) is 13.8 Å². The molecule has 0 bridgehead atoms. The van der Waals surface area contributed by atoms with Crippen LogP contribution in [0.25, 0.3) is 0 Å². The number of nitrogens with one attached hydrogen (secondary N) is 1. The van der Waals surface area contributed by atoms with Crippen molar-refractivity contribution in [1.29, 1.82) is 0 Å². The molecule has 7 nitrogen and oxygen atoms in total. The van der Waals surface area contributed by atoms with E-state index in [1.165, 1.54) is 0 Å². The SMILES string of the molecule is CCC(CC)(CO)NS(=O)(=O)c1scnc1C(=O)O. The Hall–Kier alpha value is -1.03. The summed E-state index contributed by atoms with van der Waals surface area (Å²) in [7, 11) is -4.02. The van der Waals surface area contributed by atoms with Crippen LogP contribution in [0, 0.1) is 0 Å². The number of aliphatic hydroxyl groups excluding tert-OH is 1. The van der Waals surface area contributed by atoms with Crippen LogP contribution in [0.1, 0.15) is 37.2 Å². The number of aromatic carboxylic acids is 1. The van der Waals surface area contributed by atoms with Crippen molar-refractivity contribution >= 4 is 27.3 Å². The standard InChI is InChI=1S/C10H16N2O5S2/c1-3-10(4-2,5-13)12-19(16,17)9-7(8(14)15)11-6-18-9/h6,12-13H,3-5H2,1-2H3,(H,14,15). The second-order valence-electron chi connectivity index (χ2n) is 4.04. The largest absolute Gasteiger partial charge is 0.476 e. The lowest BCUT2D eigenvalue weighted by molar-refractivity contribution is 0.0687. The Kier molecular flexibility index (Phi) is 5.02. The number of sulfonamides is 1. The van der Waals surface area contributed by atoms with Crippen LogP contribution >= 0.6 is 11.3 Å². The highest BCUT2D eigenvalue weighted by molar-refractivity contribution is 7.91. The van der Waals surface area contributed by atoms with Crippen molar-refractivity contribution in [3.63, 3.8) is 0 Å². The lowest BCUT2D eigenvalue weighted by atomic mass is 9.96. The number of aromatic nitrogens is 1. The van der Waals surface area contributed by atoms with Gasteiger partial charge in [-0.15, -0.1) is 11.3 Å². The molecule has 0 amide bonds. The summed E-state index contributed by atoms with van der Waals surface area (Å²) in [5, 5.41) is 18.3. The second-order valence-corrected chi connectivity index (χ2v) is 6.78. The molecule has 108 valence electrons. The Bertz CT molecular complexity index is 540. The molecule has 9 heteroatoms. The molecule has 0 aromatic carbocycles. The van der Waals surface area contributed by atoms with Gasteiger partial charge in [-0.1, -0.05) is 13.8 Å². The van der Waals surface area contributed by atoms with Crippen LogP contribution < -0.4 is 4.72 Å². The van der Waals surface area contributed by atoms with Gasteiger partial charge in [-0.2, -0.15) is 0 Å². The van der Waals surface area contributed by atoms with E-state index in [1.807, 2.05) is 0 Å². The average molecular weight is 308 g/mol. The molecule has 0 radical (unpaired) electrons. The first-order valence-corrected chi connectivity index (χ1v) is 7.99. The Morgan fingerprint density at radius 1 is 1.47 bits per heavy atom. The normalized spacial score (nSPS) is 12.6. The number of carbonyl (C=O) groups is 1. The fourth-order valence-corrected chi connectivity index (χ4v) is 4.23. The quantitative estimate of drug-likeness (QED) is 0.681. The predicted molar refractivity (Wildman–Crippen MR) is 69.8 cm³/mol. The molecule has 1 aromatic heterocycles. The highest BCUT2D eigenvalue weighted by atomic mass is 32.2. The molecule has 3 N–H and O–H groups in total. The van der Waals surface area contributed by atoms with Crippen molar-refractivity contribution in [2.45, 2.75) is 36.4 Å². The number of hydrogen-bond acceptors (Lipinski definition) is 6. The van der Waals surface area contributed by atoms with E-state index in [2.05, 4.69) is 9.71 Å². The highest BCUT2D eigenvalue weighted by Gasteiger charge is 2.34. The third-order valence-corrected chi connectivity index (χ3v) is 5.94. The van der Waals surface area contributed by atoms with Gasteiger partial charge >= 0.3 is 5.97 Å². The van der Waals surface area contributed by atoms with Gasteiger partial charge < -0.3 is 10.2 Å². The molecule has 1 rings (SSSR count). The highest BCUT2D eigenvalue weighted by Crippen LogP contribution is 2.24. The minimum atomic E-state index is -4.02. The molecule has 0 unspecified atom stereocenters. The number of rotatable bonds is 7. The monoisotopic (exact) mass is 308 g/mol. The minimum absolute atomic E-state index is 0.347. The van der Waals surface area contributed by atoms with Crippen LogP contribution in [0.5, 0.6) is 0 Å². The number of carboxylic acid groups (broad SMARTS) is 1. The molecule has 0 aliphatic carbocycles. The zero-order valence-electron chi connectivity index (χ0n) is 10.6. The third kappa shape index (κ3) is 3.30. The minimum Gasteiger partial charge on any atom is -0.476 e. The van der Waals surface area contributed by atoms with Gasteiger partial charge in [-0.05, 0) is 12.8 Å². The van der Waals surface area contributed by atoms with E-state index < -0.39 is 27.2 Å². The van der Waals surface area contributed by atoms with Crippen molar-refractivity contribution < 1.29 is 23.4 Å². The molecule has 0 atom stereocenters. The topological polar surface area (TPSA) is 117 Å². The maximum Gasteiger partial charge on any atom is 0.356 e. The molecular weight excluding hydrogens is 292 g/mol. The van der Waals surface area contributed by atoms with Crippen LogP contribution in [-0.4, -0.2) is 41.7 Å². The molecule has 1 aromatic rings. The first kappa shape index (κ1) is 16.0. The van der Waals surface area contributed by atoms with Crippen molar-refractivity contribution in [1.82, 2.24) is 9.71 Å². The number of nitrogens with zero attached hydrogens (tertiary/aromatic N) is 1. The summed E-state index contributed by atoms with van der Waals surface area (Å²) >= 11 is 0.733. The van der Waals surface area contributed by atoms with E-state index in [-0.39, 0.29) is 10.8 Å². The summed E-state index contributed by atoms with van der Waals surface area (Å²) in [5.41, 5.74) is -0.327. The maximum absolute atomic E-state index is 12.2. The summed E-state index contributed by atoms with van der Waals surface area (Å²) < 4.78 is 26.4. The molecule has 0 saturated carbocycles. The number of aliphatic hydroxyl groups is 1. The van der Waals surface area contributed by atoms with E-state index >= 15 is 0 Å². The molecular formula is C10H16N2O5S2. The van der Waals surface area contributed by atoms with Gasteiger partial charge in [-0.3, -0.25) is 0 Å². The molecule has 1 heterocycles. The van der Waals surface area contributed by atoms with E-state index in [0.717, 1.165) is 16.8 Å². The van der Waals surface area contributed by atoms with E-state index in [9.17, 15) is 18.3 Å².